The highest BCUT2D eigenvalue weighted by atomic mass is 32.2. The predicted octanol–water partition coefficient (Wildman–Crippen LogP) is 3.21. The molecule has 10 heteroatoms. The van der Waals surface area contributed by atoms with Crippen molar-refractivity contribution < 1.29 is 31.1 Å². The first-order valence-corrected chi connectivity index (χ1v) is 12.9. The average Bonchev–Trinajstić information content (AvgIpc) is 3.44. The molecule has 2 aliphatic rings. The van der Waals surface area contributed by atoms with Crippen LogP contribution in [-0.4, -0.2) is 62.5 Å². The number of ether oxygens (including phenoxy) is 1. The molecule has 0 aliphatic carbocycles. The molecule has 0 saturated carbocycles. The molecule has 2 aromatic carbocycles. The van der Waals surface area contributed by atoms with Crippen LogP contribution in [0.25, 0.3) is 11.1 Å². The maximum Gasteiger partial charge on any atom is 0.252 e. The highest BCUT2D eigenvalue weighted by molar-refractivity contribution is 7.89. The van der Waals surface area contributed by atoms with Gasteiger partial charge in [0.05, 0.1) is 24.4 Å². The Kier molecular flexibility index (Phi) is 7.30. The number of nitrogens with zero attached hydrogens (tertiary/aromatic N) is 1. The van der Waals surface area contributed by atoms with Gasteiger partial charge < -0.3 is 9.64 Å². The minimum Gasteiger partial charge on any atom is -0.368 e. The van der Waals surface area contributed by atoms with E-state index in [1.807, 2.05) is 0 Å². The van der Waals surface area contributed by atoms with Gasteiger partial charge in [-0.25, -0.2) is 26.3 Å². The summed E-state index contributed by atoms with van der Waals surface area (Å²) in [5.41, 5.74) is 0.672. The van der Waals surface area contributed by atoms with Crippen molar-refractivity contribution in [2.45, 2.75) is 50.5 Å². The number of amides is 1. The molecule has 1 N–H and O–H groups in total. The standard InChI is InChI=1S/C24H27F3N2O4S/c1-2-34(31,32)28-23-19(26)14-29(24(30)21-10-5-11-33-21)20(23)13-16-7-4-9-18(22(16)27)15-6-3-8-17(25)12-15/h3-4,6-9,12,19-21,23,28H,2,5,10-11,13-14H2,1H3/t19-,20-,21-,23-/m0/s1. The molecule has 2 aliphatic heterocycles. The molecular formula is C24H27F3N2O4S. The van der Waals surface area contributed by atoms with Crippen molar-refractivity contribution in [2.75, 3.05) is 18.9 Å². The van der Waals surface area contributed by atoms with E-state index in [1.54, 1.807) is 12.1 Å². The normalized spacial score (nSPS) is 25.1. The number of alkyl halides is 1. The van der Waals surface area contributed by atoms with E-state index >= 15 is 8.78 Å². The molecule has 2 aromatic rings. The minimum atomic E-state index is -3.79. The Balaban J connectivity index is 1.69. The molecule has 0 unspecified atom stereocenters. The lowest BCUT2D eigenvalue weighted by Crippen LogP contribution is -2.51. The van der Waals surface area contributed by atoms with E-state index in [4.69, 9.17) is 4.74 Å². The van der Waals surface area contributed by atoms with Gasteiger partial charge >= 0.3 is 0 Å². The highest BCUT2D eigenvalue weighted by Crippen LogP contribution is 2.31. The quantitative estimate of drug-likeness (QED) is 0.639. The number of hydrogen-bond donors (Lipinski definition) is 1. The Bertz CT molecular complexity index is 1150. The van der Waals surface area contributed by atoms with E-state index in [9.17, 15) is 17.6 Å². The number of carbonyl (C=O) groups is 1. The number of rotatable bonds is 7. The Hall–Kier alpha value is -2.43. The molecule has 4 atom stereocenters. The van der Waals surface area contributed by atoms with Crippen molar-refractivity contribution in [1.29, 1.82) is 0 Å². The fourth-order valence-corrected chi connectivity index (χ4v) is 5.49. The summed E-state index contributed by atoms with van der Waals surface area (Å²) in [7, 11) is -3.79. The van der Waals surface area contributed by atoms with Gasteiger partial charge in [0, 0.05) is 12.2 Å². The van der Waals surface area contributed by atoms with Crippen LogP contribution in [0.5, 0.6) is 0 Å². The maximum absolute atomic E-state index is 15.5. The van der Waals surface area contributed by atoms with Gasteiger partial charge in [0.2, 0.25) is 10.0 Å². The fourth-order valence-electron chi connectivity index (χ4n) is 4.60. The first-order chi connectivity index (χ1) is 16.2. The Morgan fingerprint density at radius 2 is 1.97 bits per heavy atom. The number of carbonyl (C=O) groups excluding carboxylic acids is 1. The van der Waals surface area contributed by atoms with Crippen molar-refractivity contribution in [3.63, 3.8) is 0 Å². The lowest BCUT2D eigenvalue weighted by atomic mass is 9.95. The lowest BCUT2D eigenvalue weighted by molar-refractivity contribution is -0.142. The Morgan fingerprint density at radius 3 is 2.65 bits per heavy atom. The molecular weight excluding hydrogens is 469 g/mol. The second kappa shape index (κ2) is 10.1. The van der Waals surface area contributed by atoms with E-state index in [0.29, 0.717) is 25.0 Å². The summed E-state index contributed by atoms with van der Waals surface area (Å²) in [4.78, 5) is 14.4. The molecule has 6 nitrogen and oxygen atoms in total. The fraction of sp³-hybridized carbons (Fsp3) is 0.458. The minimum absolute atomic E-state index is 0.120. The summed E-state index contributed by atoms with van der Waals surface area (Å²) in [5, 5.41) is 0. The van der Waals surface area contributed by atoms with Gasteiger partial charge in [0.1, 0.15) is 23.9 Å². The molecule has 2 fully saturated rings. The van der Waals surface area contributed by atoms with Crippen LogP contribution in [0.1, 0.15) is 25.3 Å². The van der Waals surface area contributed by atoms with Crippen molar-refractivity contribution in [3.8, 4) is 11.1 Å². The Labute approximate surface area is 197 Å². The van der Waals surface area contributed by atoms with Crippen molar-refractivity contribution in [2.24, 2.45) is 0 Å². The van der Waals surface area contributed by atoms with Crippen LogP contribution in [0.15, 0.2) is 42.5 Å². The third-order valence-corrected chi connectivity index (χ3v) is 7.79. The first-order valence-electron chi connectivity index (χ1n) is 11.3. The van der Waals surface area contributed by atoms with E-state index < -0.39 is 51.9 Å². The van der Waals surface area contributed by atoms with Gasteiger partial charge in [-0.1, -0.05) is 30.3 Å². The molecule has 2 saturated heterocycles. The van der Waals surface area contributed by atoms with Crippen molar-refractivity contribution >= 4 is 15.9 Å². The van der Waals surface area contributed by atoms with Gasteiger partial charge in [0.25, 0.3) is 5.91 Å². The summed E-state index contributed by atoms with van der Waals surface area (Å²) in [6, 6.07) is 7.93. The summed E-state index contributed by atoms with van der Waals surface area (Å²) in [5.74, 6) is -1.82. The van der Waals surface area contributed by atoms with Crippen LogP contribution < -0.4 is 4.72 Å². The lowest BCUT2D eigenvalue weighted by Gasteiger charge is -2.30. The van der Waals surface area contributed by atoms with Gasteiger partial charge in [-0.2, -0.15) is 0 Å². The second-order valence-electron chi connectivity index (χ2n) is 8.62. The zero-order valence-corrected chi connectivity index (χ0v) is 19.5. The molecule has 0 radical (unpaired) electrons. The topological polar surface area (TPSA) is 75.7 Å². The zero-order valence-electron chi connectivity index (χ0n) is 18.7. The van der Waals surface area contributed by atoms with Crippen LogP contribution in [0.3, 0.4) is 0 Å². The SMILES string of the molecule is CCS(=O)(=O)N[C@H]1[C@@H](F)CN(C(=O)[C@@H]2CCCO2)[C@H]1Cc1cccc(-c2cccc(F)c2)c1F. The Morgan fingerprint density at radius 1 is 1.21 bits per heavy atom. The summed E-state index contributed by atoms with van der Waals surface area (Å²) in [6.45, 7) is 1.53. The number of nitrogens with one attached hydrogen (secondary N) is 1. The van der Waals surface area contributed by atoms with Crippen molar-refractivity contribution in [3.05, 3.63) is 59.7 Å². The third kappa shape index (κ3) is 5.13. The van der Waals surface area contributed by atoms with E-state index in [-0.39, 0.29) is 29.8 Å². The first kappa shape index (κ1) is 24.7. The van der Waals surface area contributed by atoms with E-state index in [1.165, 1.54) is 42.2 Å². The van der Waals surface area contributed by atoms with Crippen LogP contribution in [0.4, 0.5) is 13.2 Å². The third-order valence-electron chi connectivity index (χ3n) is 6.40. The average molecular weight is 497 g/mol. The predicted molar refractivity (Wildman–Crippen MR) is 121 cm³/mol. The largest absolute Gasteiger partial charge is 0.368 e. The number of sulfonamides is 1. The molecule has 34 heavy (non-hydrogen) atoms. The number of benzene rings is 2. The molecule has 0 aromatic heterocycles. The van der Waals surface area contributed by atoms with Crippen LogP contribution in [0.2, 0.25) is 0 Å². The van der Waals surface area contributed by atoms with Crippen LogP contribution in [0, 0.1) is 11.6 Å². The maximum atomic E-state index is 15.5. The van der Waals surface area contributed by atoms with Crippen molar-refractivity contribution in [1.82, 2.24) is 9.62 Å². The zero-order chi connectivity index (χ0) is 24.5. The summed E-state index contributed by atoms with van der Waals surface area (Å²) in [6.07, 6.45) is -1.31. The van der Waals surface area contributed by atoms with Crippen LogP contribution >= 0.6 is 0 Å². The monoisotopic (exact) mass is 496 g/mol. The number of likely N-dealkylation sites (tertiary alicyclic amines) is 1. The molecule has 4 rings (SSSR count). The van der Waals surface area contributed by atoms with Gasteiger partial charge in [0.15, 0.2) is 0 Å². The molecule has 2 heterocycles. The summed E-state index contributed by atoms with van der Waals surface area (Å²) < 4.78 is 76.7. The van der Waals surface area contributed by atoms with E-state index in [2.05, 4.69) is 4.72 Å². The van der Waals surface area contributed by atoms with Gasteiger partial charge in [-0.3, -0.25) is 4.79 Å². The smallest absolute Gasteiger partial charge is 0.252 e. The summed E-state index contributed by atoms with van der Waals surface area (Å²) >= 11 is 0. The number of halogens is 3. The van der Waals surface area contributed by atoms with E-state index in [0.717, 1.165) is 0 Å². The molecule has 0 bridgehead atoms. The highest BCUT2D eigenvalue weighted by Gasteiger charge is 2.47. The molecule has 1 amide bonds. The van der Waals surface area contributed by atoms with Crippen LogP contribution in [-0.2, 0) is 26.0 Å². The van der Waals surface area contributed by atoms with Gasteiger partial charge in [-0.15, -0.1) is 0 Å². The second-order valence-corrected chi connectivity index (χ2v) is 10.7. The molecule has 184 valence electrons. The van der Waals surface area contributed by atoms with Gasteiger partial charge in [-0.05, 0) is 49.4 Å². The number of hydrogen-bond acceptors (Lipinski definition) is 4. The molecule has 0 spiro atoms.